The van der Waals surface area contributed by atoms with Crippen LogP contribution in [0, 0.1) is 0 Å². The molecule has 5 nitrogen and oxygen atoms in total. The van der Waals surface area contributed by atoms with Crippen LogP contribution in [0.15, 0.2) is 0 Å². The van der Waals surface area contributed by atoms with Gasteiger partial charge < -0.3 is 24.7 Å². The Morgan fingerprint density at radius 3 is 1.14 bits per heavy atom. The molecule has 0 amide bonds. The van der Waals surface area contributed by atoms with Crippen LogP contribution in [0.5, 0.6) is 0 Å². The topological polar surface area (TPSA) is 116 Å². The molecule has 0 aliphatic rings. The second kappa shape index (κ2) is 4.96. The van der Waals surface area contributed by atoms with E-state index in [1.165, 1.54) is 0 Å². The van der Waals surface area contributed by atoms with Gasteiger partial charge >= 0.3 is 0 Å². The van der Waals surface area contributed by atoms with Crippen molar-refractivity contribution in [2.45, 2.75) is 0 Å². The van der Waals surface area contributed by atoms with Crippen LogP contribution in [-0.2, 0) is 26.9 Å². The summed E-state index contributed by atoms with van der Waals surface area (Å²) in [4.78, 5) is 25.6. The Labute approximate surface area is 55.4 Å². The maximum atomic E-state index is 8.55. The number of phosphoric acid groups is 1. The molecule has 0 saturated carbocycles. The Morgan fingerprint density at radius 2 is 1.14 bits per heavy atom. The van der Waals surface area contributed by atoms with Crippen LogP contribution >= 0.6 is 7.82 Å². The van der Waals surface area contributed by atoms with E-state index in [0.29, 0.717) is 0 Å². The summed E-state index contributed by atoms with van der Waals surface area (Å²) >= 11 is 0. The first-order chi connectivity index (χ1) is 2.00. The Balaban J connectivity index is -0.0000000800. The second-order valence-corrected chi connectivity index (χ2v) is 1.34. The van der Waals surface area contributed by atoms with Gasteiger partial charge in [0.2, 0.25) is 0 Å². The van der Waals surface area contributed by atoms with Gasteiger partial charge in [0, 0.05) is 22.4 Å². The van der Waals surface area contributed by atoms with Crippen molar-refractivity contribution >= 4 is 7.82 Å². The van der Waals surface area contributed by atoms with Crippen LogP contribution in [0.4, 0.5) is 0 Å². The minimum Gasteiger partial charge on any atom is -0.870 e. The van der Waals surface area contributed by atoms with Gasteiger partial charge in [-0.3, -0.25) is 0 Å². The largest absolute Gasteiger partial charge is 0.870 e. The molecule has 7 heteroatoms. The van der Waals surface area contributed by atoms with Gasteiger partial charge in [0.15, 0.2) is 0 Å². The summed E-state index contributed by atoms with van der Waals surface area (Å²) in [5, 5.41) is 0. The van der Waals surface area contributed by atoms with Crippen LogP contribution in [0.25, 0.3) is 0 Å². The first-order valence-electron chi connectivity index (χ1n) is 0.730. The van der Waals surface area contributed by atoms with Crippen LogP contribution < -0.4 is 14.7 Å². The van der Waals surface area contributed by atoms with Gasteiger partial charge in [-0.25, -0.2) is 0 Å². The predicted molar refractivity (Wildman–Crippen MR) is 9.54 cm³/mol. The van der Waals surface area contributed by atoms with Crippen molar-refractivity contribution in [3.63, 3.8) is 0 Å². The van der Waals surface area contributed by atoms with E-state index in [4.69, 9.17) is 19.2 Å². The molecule has 0 aliphatic heterocycles. The van der Waals surface area contributed by atoms with E-state index in [1.807, 2.05) is 0 Å². The molecule has 0 heterocycles. The molecule has 0 aromatic rings. The molecule has 0 aromatic heterocycles. The van der Waals surface area contributed by atoms with Crippen LogP contribution in [-0.4, -0.2) is 5.48 Å². The zero-order valence-corrected chi connectivity index (χ0v) is 7.08. The molecule has 0 bridgehead atoms. The number of hydrogen-bond acceptors (Lipinski definition) is 5. The molecule has 0 rings (SSSR count). The van der Waals surface area contributed by atoms with Crippen LogP contribution in [0.3, 0.4) is 0 Å². The quantitative estimate of drug-likeness (QED) is 0.441. The average Bonchev–Trinajstić information content (AvgIpc) is 0.722. The molecule has 1 N–H and O–H groups in total. The average molecular weight is 293 g/mol. The van der Waals surface area contributed by atoms with Gasteiger partial charge in [0.25, 0.3) is 0 Å². The summed E-state index contributed by atoms with van der Waals surface area (Å²) in [6, 6.07) is 0. The number of hydrogen-bond donors (Lipinski definition) is 0. The Hall–Kier alpha value is 0.810. The fourth-order valence-electron chi connectivity index (χ4n) is 0. The fourth-order valence-corrected chi connectivity index (χ4v) is 0. The van der Waals surface area contributed by atoms with E-state index < -0.39 is 7.82 Å². The summed E-state index contributed by atoms with van der Waals surface area (Å²) < 4.78 is 8.55. The van der Waals surface area contributed by atoms with Crippen LogP contribution in [0.2, 0.25) is 0 Å². The summed E-state index contributed by atoms with van der Waals surface area (Å²) in [6.45, 7) is 0. The summed E-state index contributed by atoms with van der Waals surface area (Å²) in [5.41, 5.74) is 0. The zero-order chi connectivity index (χ0) is 4.50. The molecule has 1 radical (unpaired) electrons. The maximum Gasteiger partial charge on any atom is 0 e. The minimum atomic E-state index is -5.39. The predicted octanol–water partition coefficient (Wildman–Crippen LogP) is -3.00. The van der Waals surface area contributed by atoms with Crippen molar-refractivity contribution in [1.82, 2.24) is 0 Å². The molecule has 0 unspecified atom stereocenters. The van der Waals surface area contributed by atoms with Gasteiger partial charge in [-0.05, 0) is 0 Å². The molecule has 0 spiro atoms. The van der Waals surface area contributed by atoms with E-state index >= 15 is 0 Å². The van der Waals surface area contributed by atoms with Crippen LogP contribution in [0.1, 0.15) is 0 Å². The molecule has 0 atom stereocenters. The molecule has 0 fully saturated rings. The van der Waals surface area contributed by atoms with Crippen molar-refractivity contribution in [2.24, 2.45) is 0 Å². The van der Waals surface area contributed by atoms with E-state index in [-0.39, 0.29) is 27.9 Å². The zero-order valence-electron chi connectivity index (χ0n) is 2.97. The molecular weight excluding hydrogens is 292 g/mol. The minimum absolute atomic E-state index is 0. The van der Waals surface area contributed by atoms with Gasteiger partial charge in [0.05, 0.1) is 0 Å². The van der Waals surface area contributed by atoms with Gasteiger partial charge in [-0.15, -0.1) is 0 Å². The first kappa shape index (κ1) is 15.7. The third kappa shape index (κ3) is 240. The number of rotatable bonds is 0. The van der Waals surface area contributed by atoms with E-state index in [1.54, 1.807) is 0 Å². The summed E-state index contributed by atoms with van der Waals surface area (Å²) in [6.07, 6.45) is 0. The van der Waals surface area contributed by atoms with E-state index in [0.717, 1.165) is 0 Å². The Kier molecular flexibility index (Phi) is 11.1. The normalized spacial score (nSPS) is 8.43. The van der Waals surface area contributed by atoms with Gasteiger partial charge in [-0.1, -0.05) is 0 Å². The molecule has 0 aliphatic carbocycles. The molecule has 0 aromatic carbocycles. The van der Waals surface area contributed by atoms with Crippen molar-refractivity contribution in [3.05, 3.63) is 0 Å². The Bertz CT molecular complexity index is 54.2. The SMILES string of the molecule is O=P([O-])([O-])[O-].[OH-].[Ta]. The van der Waals surface area contributed by atoms with Crippen molar-refractivity contribution in [3.8, 4) is 0 Å². The van der Waals surface area contributed by atoms with Gasteiger partial charge in [-0.2, -0.15) is 7.82 Å². The first-order valence-corrected chi connectivity index (χ1v) is 2.19. The summed E-state index contributed by atoms with van der Waals surface area (Å²) in [7, 11) is -5.39. The van der Waals surface area contributed by atoms with E-state index in [2.05, 4.69) is 0 Å². The fraction of sp³-hybridized carbons (Fsp3) is 0. The third-order valence-electron chi connectivity index (χ3n) is 0. The second-order valence-electron chi connectivity index (χ2n) is 0.447. The maximum absolute atomic E-state index is 8.55. The standard InChI is InChI=1S/H3O4P.H2O.Ta/c1-5(2,3)4;;/h(H3,1,2,3,4);1H2;/p-4. The van der Waals surface area contributed by atoms with E-state index in [9.17, 15) is 0 Å². The van der Waals surface area contributed by atoms with Crippen molar-refractivity contribution < 1.29 is 47.1 Å². The van der Waals surface area contributed by atoms with Gasteiger partial charge in [0.1, 0.15) is 0 Å². The molecule has 45 valence electrons. The summed E-state index contributed by atoms with van der Waals surface area (Å²) in [5.74, 6) is 0. The molecule has 0 saturated heterocycles. The Morgan fingerprint density at radius 1 is 1.14 bits per heavy atom. The third-order valence-corrected chi connectivity index (χ3v) is 0. The molecule has 7 heavy (non-hydrogen) atoms. The monoisotopic (exact) mass is 293 g/mol. The van der Waals surface area contributed by atoms with Crippen molar-refractivity contribution in [2.75, 3.05) is 0 Å². The smallest absolute Gasteiger partial charge is 0 e. The molecular formula is HO5PTa-4. The van der Waals surface area contributed by atoms with Crippen molar-refractivity contribution in [1.29, 1.82) is 0 Å².